The molecule has 8 nitrogen and oxygen atoms in total. The number of ether oxygens (including phenoxy) is 1. The first-order valence-corrected chi connectivity index (χ1v) is 10.3. The molecule has 0 aliphatic rings. The maximum atomic E-state index is 13.0. The van der Waals surface area contributed by atoms with Crippen LogP contribution in [0.15, 0.2) is 57.3 Å². The predicted molar refractivity (Wildman–Crippen MR) is 115 cm³/mol. The molecule has 0 saturated carbocycles. The zero-order chi connectivity index (χ0) is 21.5. The largest absolute Gasteiger partial charge is 0.456 e. The zero-order valence-corrected chi connectivity index (χ0v) is 17.5. The first-order valence-electron chi connectivity index (χ1n) is 9.46. The third kappa shape index (κ3) is 3.49. The highest BCUT2D eigenvalue weighted by atomic mass is 32.1. The van der Waals surface area contributed by atoms with Gasteiger partial charge < -0.3 is 9.26 Å². The molecule has 0 fully saturated rings. The van der Waals surface area contributed by atoms with Crippen molar-refractivity contribution >= 4 is 33.4 Å². The third-order valence-corrected chi connectivity index (χ3v) is 5.65. The van der Waals surface area contributed by atoms with Crippen LogP contribution in [-0.4, -0.2) is 25.5 Å². The van der Waals surface area contributed by atoms with Crippen molar-refractivity contribution < 1.29 is 14.1 Å². The normalized spacial score (nSPS) is 11.3. The minimum atomic E-state index is -0.569. The Morgan fingerprint density at radius 1 is 1.16 bits per heavy atom. The number of aromatic nitrogens is 4. The number of thiazole rings is 1. The van der Waals surface area contributed by atoms with Gasteiger partial charge in [0.15, 0.2) is 4.96 Å². The van der Waals surface area contributed by atoms with Crippen molar-refractivity contribution in [2.45, 2.75) is 20.5 Å². The van der Waals surface area contributed by atoms with Crippen LogP contribution in [0, 0.1) is 13.8 Å². The number of rotatable bonds is 4. The van der Waals surface area contributed by atoms with E-state index in [4.69, 9.17) is 9.26 Å². The Labute approximate surface area is 179 Å². The molecule has 5 aromatic rings. The molecule has 4 aromatic heterocycles. The van der Waals surface area contributed by atoms with Crippen molar-refractivity contribution in [2.75, 3.05) is 0 Å². The molecular weight excluding hydrogens is 416 g/mol. The topological polar surface area (TPSA) is 99.6 Å². The molecule has 0 spiro atoms. The first kappa shape index (κ1) is 19.1. The van der Waals surface area contributed by atoms with Gasteiger partial charge in [-0.05, 0) is 19.9 Å². The summed E-state index contributed by atoms with van der Waals surface area (Å²) in [6.45, 7) is 3.61. The predicted octanol–water partition coefficient (Wildman–Crippen LogP) is 3.93. The molecule has 0 aliphatic carbocycles. The van der Waals surface area contributed by atoms with Crippen LogP contribution in [0.1, 0.15) is 27.3 Å². The van der Waals surface area contributed by atoms with Gasteiger partial charge in [0.05, 0.1) is 28.0 Å². The Morgan fingerprint density at radius 2 is 1.97 bits per heavy atom. The lowest BCUT2D eigenvalue weighted by Crippen LogP contribution is -2.15. The summed E-state index contributed by atoms with van der Waals surface area (Å²) in [7, 11) is 0. The molecule has 5 rings (SSSR count). The summed E-state index contributed by atoms with van der Waals surface area (Å²) in [6, 6.07) is 10.8. The van der Waals surface area contributed by atoms with E-state index in [-0.39, 0.29) is 17.9 Å². The minimum Gasteiger partial charge on any atom is -0.456 e. The summed E-state index contributed by atoms with van der Waals surface area (Å²) < 4.78 is 12.3. The number of hydrogen-bond donors (Lipinski definition) is 0. The minimum absolute atomic E-state index is 0.128. The van der Waals surface area contributed by atoms with E-state index in [0.29, 0.717) is 33.0 Å². The Kier molecular flexibility index (Phi) is 4.59. The molecule has 1 aromatic carbocycles. The second kappa shape index (κ2) is 7.44. The quantitative estimate of drug-likeness (QED) is 0.397. The standard InChI is InChI=1S/C22H16N4O4S/c1-12-3-5-14(6-4-12)17-10-16(19-13(2)25-30-20(19)24-17)21(28)29-11-15-9-18(27)26-7-8-31-22(26)23-15/h3-10H,11H2,1-2H3. The average Bonchev–Trinajstić information content (AvgIpc) is 3.39. The number of carbonyl (C=O) groups is 1. The van der Waals surface area contributed by atoms with Crippen molar-refractivity contribution in [3.8, 4) is 11.3 Å². The van der Waals surface area contributed by atoms with Gasteiger partial charge in [-0.3, -0.25) is 9.20 Å². The molecule has 154 valence electrons. The van der Waals surface area contributed by atoms with Gasteiger partial charge in [0, 0.05) is 23.2 Å². The number of pyridine rings is 1. The van der Waals surface area contributed by atoms with Crippen LogP contribution in [0.3, 0.4) is 0 Å². The lowest BCUT2D eigenvalue weighted by molar-refractivity contribution is 0.0470. The highest BCUT2D eigenvalue weighted by molar-refractivity contribution is 7.15. The van der Waals surface area contributed by atoms with Gasteiger partial charge in [-0.1, -0.05) is 35.0 Å². The Bertz CT molecular complexity index is 1500. The van der Waals surface area contributed by atoms with Crippen LogP contribution < -0.4 is 5.56 Å². The molecule has 0 aliphatic heterocycles. The highest BCUT2D eigenvalue weighted by Crippen LogP contribution is 2.28. The summed E-state index contributed by atoms with van der Waals surface area (Å²) >= 11 is 1.33. The fraction of sp³-hybridized carbons (Fsp3) is 0.136. The van der Waals surface area contributed by atoms with Gasteiger partial charge >= 0.3 is 5.97 Å². The number of esters is 1. The monoisotopic (exact) mass is 432 g/mol. The van der Waals surface area contributed by atoms with Gasteiger partial charge in [0.25, 0.3) is 11.3 Å². The molecule has 4 heterocycles. The first-order chi connectivity index (χ1) is 15.0. The maximum absolute atomic E-state index is 13.0. The number of aryl methyl sites for hydroxylation is 2. The smallest absolute Gasteiger partial charge is 0.339 e. The number of benzene rings is 1. The molecule has 0 unspecified atom stereocenters. The van der Waals surface area contributed by atoms with Crippen molar-refractivity contribution in [3.63, 3.8) is 0 Å². The van der Waals surface area contributed by atoms with Crippen LogP contribution in [-0.2, 0) is 11.3 Å². The molecule has 0 atom stereocenters. The van der Waals surface area contributed by atoms with Crippen LogP contribution in [0.2, 0.25) is 0 Å². The van der Waals surface area contributed by atoms with E-state index in [2.05, 4.69) is 15.1 Å². The van der Waals surface area contributed by atoms with E-state index >= 15 is 0 Å². The fourth-order valence-corrected chi connectivity index (χ4v) is 4.05. The number of hydrogen-bond acceptors (Lipinski definition) is 8. The van der Waals surface area contributed by atoms with Crippen molar-refractivity contribution in [1.29, 1.82) is 0 Å². The van der Waals surface area contributed by atoms with Gasteiger partial charge in [-0.15, -0.1) is 11.3 Å². The molecule has 0 bridgehead atoms. The lowest BCUT2D eigenvalue weighted by Gasteiger charge is -2.08. The average molecular weight is 432 g/mol. The summed E-state index contributed by atoms with van der Waals surface area (Å²) in [4.78, 5) is 34.6. The molecule has 31 heavy (non-hydrogen) atoms. The lowest BCUT2D eigenvalue weighted by atomic mass is 10.0. The van der Waals surface area contributed by atoms with E-state index in [1.807, 2.05) is 31.2 Å². The van der Waals surface area contributed by atoms with E-state index in [0.717, 1.165) is 11.1 Å². The Balaban J connectivity index is 1.50. The van der Waals surface area contributed by atoms with Crippen LogP contribution in [0.4, 0.5) is 0 Å². The van der Waals surface area contributed by atoms with Crippen molar-refractivity contribution in [1.82, 2.24) is 19.5 Å². The van der Waals surface area contributed by atoms with Gasteiger partial charge in [0.1, 0.15) is 6.61 Å². The molecule has 0 amide bonds. The zero-order valence-electron chi connectivity index (χ0n) is 16.7. The highest BCUT2D eigenvalue weighted by Gasteiger charge is 2.21. The SMILES string of the molecule is Cc1ccc(-c2cc(C(=O)OCc3cc(=O)n4ccsc4n3)c3c(C)noc3n2)cc1. The van der Waals surface area contributed by atoms with Gasteiger partial charge in [-0.25, -0.2) is 14.8 Å². The molecule has 0 radical (unpaired) electrons. The Morgan fingerprint density at radius 3 is 2.77 bits per heavy atom. The van der Waals surface area contributed by atoms with Crippen molar-refractivity contribution in [2.24, 2.45) is 0 Å². The van der Waals surface area contributed by atoms with E-state index in [9.17, 15) is 9.59 Å². The molecule has 9 heteroatoms. The summed E-state index contributed by atoms with van der Waals surface area (Å²) in [5, 5.41) is 6.22. The third-order valence-electron chi connectivity index (χ3n) is 4.89. The molecule has 0 N–H and O–H groups in total. The van der Waals surface area contributed by atoms with E-state index in [1.165, 1.54) is 21.8 Å². The summed E-state index contributed by atoms with van der Waals surface area (Å²) in [6.07, 6.45) is 1.65. The fourth-order valence-electron chi connectivity index (χ4n) is 3.31. The number of nitrogens with zero attached hydrogens (tertiary/aromatic N) is 4. The van der Waals surface area contributed by atoms with E-state index < -0.39 is 5.97 Å². The second-order valence-corrected chi connectivity index (χ2v) is 7.96. The van der Waals surface area contributed by atoms with Crippen LogP contribution in [0.5, 0.6) is 0 Å². The van der Waals surface area contributed by atoms with Gasteiger partial charge in [-0.2, -0.15) is 0 Å². The summed E-state index contributed by atoms with van der Waals surface area (Å²) in [5.74, 6) is -0.569. The number of carbonyl (C=O) groups excluding carboxylic acids is 1. The van der Waals surface area contributed by atoms with Crippen LogP contribution >= 0.6 is 11.3 Å². The van der Waals surface area contributed by atoms with E-state index in [1.54, 1.807) is 24.6 Å². The molecular formula is C22H16N4O4S. The van der Waals surface area contributed by atoms with Crippen molar-refractivity contribution in [3.05, 3.63) is 80.8 Å². The van der Waals surface area contributed by atoms with Gasteiger partial charge in [0.2, 0.25) is 0 Å². The maximum Gasteiger partial charge on any atom is 0.339 e. The number of fused-ring (bicyclic) bond motifs is 2. The summed E-state index contributed by atoms with van der Waals surface area (Å²) in [5.41, 5.74) is 3.80. The Hall–Kier alpha value is -3.85. The molecule has 0 saturated heterocycles. The second-order valence-electron chi connectivity index (χ2n) is 7.09. The van der Waals surface area contributed by atoms with Crippen LogP contribution in [0.25, 0.3) is 27.3 Å².